The Morgan fingerprint density at radius 2 is 2.07 bits per heavy atom. The molecule has 8 heteroatoms. The maximum Gasteiger partial charge on any atom is 0.263 e. The molecule has 0 bridgehead atoms. The molecule has 0 saturated heterocycles. The molecule has 5 nitrogen and oxygen atoms in total. The van der Waals surface area contributed by atoms with Gasteiger partial charge in [0.25, 0.3) is 12.3 Å². The van der Waals surface area contributed by atoms with E-state index in [2.05, 4.69) is 15.4 Å². The molecule has 1 aromatic carbocycles. The van der Waals surface area contributed by atoms with Gasteiger partial charge in [-0.3, -0.25) is 9.78 Å². The minimum absolute atomic E-state index is 0.140. The average Bonchev–Trinajstić information content (AvgIpc) is 2.99. The average molecular weight is 386 g/mol. The first-order valence-electron chi connectivity index (χ1n) is 8.82. The van der Waals surface area contributed by atoms with Gasteiger partial charge in [-0.1, -0.05) is 0 Å². The van der Waals surface area contributed by atoms with Crippen LogP contribution >= 0.6 is 0 Å². The van der Waals surface area contributed by atoms with E-state index in [-0.39, 0.29) is 17.9 Å². The Morgan fingerprint density at radius 1 is 1.25 bits per heavy atom. The first kappa shape index (κ1) is 18.2. The summed E-state index contributed by atoms with van der Waals surface area (Å²) in [6, 6.07) is 6.88. The molecule has 1 N–H and O–H groups in total. The minimum atomic E-state index is -2.74. The number of fused-ring (bicyclic) bond motifs is 1. The van der Waals surface area contributed by atoms with Crippen molar-refractivity contribution >= 4 is 5.91 Å². The third kappa shape index (κ3) is 3.37. The van der Waals surface area contributed by atoms with Crippen molar-refractivity contribution in [2.45, 2.75) is 26.2 Å². The van der Waals surface area contributed by atoms with Crippen LogP contribution in [0.2, 0.25) is 0 Å². The number of carbonyl (C=O) groups excluding carboxylic acids is 1. The van der Waals surface area contributed by atoms with Gasteiger partial charge in [0.2, 0.25) is 0 Å². The first-order valence-corrected chi connectivity index (χ1v) is 8.82. The van der Waals surface area contributed by atoms with Gasteiger partial charge in [-0.15, -0.1) is 0 Å². The van der Waals surface area contributed by atoms with Crippen molar-refractivity contribution in [1.29, 1.82) is 0 Å². The summed E-state index contributed by atoms with van der Waals surface area (Å²) in [4.78, 5) is 16.4. The summed E-state index contributed by atoms with van der Waals surface area (Å²) in [6.45, 7) is 2.32. The lowest BCUT2D eigenvalue weighted by molar-refractivity contribution is 0.0945. The number of alkyl halides is 2. The Bertz CT molecular complexity index is 1060. The van der Waals surface area contributed by atoms with Gasteiger partial charge in [0, 0.05) is 36.8 Å². The Labute approximate surface area is 159 Å². The molecule has 4 rings (SSSR count). The SMILES string of the molecule is Cc1nn(-c2ccnc(Cc3cc(F)cc(C(F)F)c3)c2)c2c1C(=O)NCC2. The summed E-state index contributed by atoms with van der Waals surface area (Å²) in [5, 5.41) is 7.29. The number of hydrogen-bond acceptors (Lipinski definition) is 3. The van der Waals surface area contributed by atoms with E-state index in [1.54, 1.807) is 29.9 Å². The van der Waals surface area contributed by atoms with Gasteiger partial charge >= 0.3 is 0 Å². The van der Waals surface area contributed by atoms with Crippen LogP contribution in [0.25, 0.3) is 5.69 Å². The number of nitrogens with one attached hydrogen (secondary N) is 1. The molecule has 3 heterocycles. The zero-order chi connectivity index (χ0) is 19.8. The number of pyridine rings is 1. The summed E-state index contributed by atoms with van der Waals surface area (Å²) in [5.74, 6) is -0.842. The number of aryl methyl sites for hydroxylation is 1. The zero-order valence-corrected chi connectivity index (χ0v) is 15.0. The van der Waals surface area contributed by atoms with E-state index >= 15 is 0 Å². The smallest absolute Gasteiger partial charge is 0.263 e. The van der Waals surface area contributed by atoms with Crippen molar-refractivity contribution in [3.05, 3.63) is 76.1 Å². The van der Waals surface area contributed by atoms with E-state index in [0.29, 0.717) is 35.5 Å². The van der Waals surface area contributed by atoms with Gasteiger partial charge in [0.05, 0.1) is 22.6 Å². The molecule has 0 radical (unpaired) electrons. The molecule has 144 valence electrons. The van der Waals surface area contributed by atoms with Crippen molar-refractivity contribution < 1.29 is 18.0 Å². The standard InChI is InChI=1S/C20H17F3N4O/c1-11-18-17(3-5-25-20(18)28)27(26-11)16-2-4-24-15(10-16)8-12-6-13(19(22)23)9-14(21)7-12/h2,4,6-7,9-10,19H,3,5,8H2,1H3,(H,25,28). The number of carbonyl (C=O) groups is 1. The van der Waals surface area contributed by atoms with Crippen LogP contribution < -0.4 is 5.32 Å². The second-order valence-electron chi connectivity index (χ2n) is 6.70. The highest BCUT2D eigenvalue weighted by molar-refractivity contribution is 5.97. The number of rotatable bonds is 4. The largest absolute Gasteiger partial charge is 0.352 e. The van der Waals surface area contributed by atoms with E-state index in [9.17, 15) is 18.0 Å². The van der Waals surface area contributed by atoms with Gasteiger partial charge in [-0.25, -0.2) is 17.9 Å². The van der Waals surface area contributed by atoms with E-state index in [0.717, 1.165) is 17.4 Å². The van der Waals surface area contributed by atoms with Crippen molar-refractivity contribution in [2.75, 3.05) is 6.54 Å². The van der Waals surface area contributed by atoms with Gasteiger partial charge in [-0.2, -0.15) is 5.10 Å². The topological polar surface area (TPSA) is 59.8 Å². The number of amides is 1. The second kappa shape index (κ2) is 7.10. The van der Waals surface area contributed by atoms with E-state index < -0.39 is 12.2 Å². The number of hydrogen-bond donors (Lipinski definition) is 1. The van der Waals surface area contributed by atoms with Gasteiger partial charge < -0.3 is 5.32 Å². The Morgan fingerprint density at radius 3 is 2.86 bits per heavy atom. The molecule has 2 aromatic heterocycles. The summed E-state index contributed by atoms with van der Waals surface area (Å²) in [6.07, 6.45) is -0.293. The predicted molar refractivity (Wildman–Crippen MR) is 96.3 cm³/mol. The third-order valence-electron chi connectivity index (χ3n) is 4.69. The molecule has 0 unspecified atom stereocenters. The highest BCUT2D eigenvalue weighted by Crippen LogP contribution is 2.24. The van der Waals surface area contributed by atoms with Crippen molar-refractivity contribution in [2.24, 2.45) is 0 Å². The number of nitrogens with zero attached hydrogens (tertiary/aromatic N) is 3. The quantitative estimate of drug-likeness (QED) is 0.746. The van der Waals surface area contributed by atoms with Crippen molar-refractivity contribution in [3.63, 3.8) is 0 Å². The van der Waals surface area contributed by atoms with Crippen LogP contribution in [-0.4, -0.2) is 27.2 Å². The molecule has 3 aromatic rings. The molecular weight excluding hydrogens is 369 g/mol. The third-order valence-corrected chi connectivity index (χ3v) is 4.69. The van der Waals surface area contributed by atoms with Crippen LogP contribution in [0.3, 0.4) is 0 Å². The van der Waals surface area contributed by atoms with Gasteiger partial charge in [0.15, 0.2) is 0 Å². The molecule has 0 fully saturated rings. The zero-order valence-electron chi connectivity index (χ0n) is 15.0. The van der Waals surface area contributed by atoms with Gasteiger partial charge in [0.1, 0.15) is 5.82 Å². The molecule has 1 aliphatic heterocycles. The molecule has 28 heavy (non-hydrogen) atoms. The molecule has 1 aliphatic rings. The Hall–Kier alpha value is -3.16. The highest BCUT2D eigenvalue weighted by atomic mass is 19.3. The maximum atomic E-state index is 13.7. The number of benzene rings is 1. The van der Waals surface area contributed by atoms with Crippen molar-refractivity contribution in [1.82, 2.24) is 20.1 Å². The van der Waals surface area contributed by atoms with Crippen LogP contribution in [0, 0.1) is 12.7 Å². The Kier molecular flexibility index (Phi) is 4.62. The van der Waals surface area contributed by atoms with Crippen LogP contribution in [-0.2, 0) is 12.8 Å². The summed E-state index contributed by atoms with van der Waals surface area (Å²) >= 11 is 0. The summed E-state index contributed by atoms with van der Waals surface area (Å²) < 4.78 is 41.2. The van der Waals surface area contributed by atoms with Gasteiger partial charge in [-0.05, 0) is 42.8 Å². The van der Waals surface area contributed by atoms with Crippen LogP contribution in [0.1, 0.15) is 45.0 Å². The maximum absolute atomic E-state index is 13.7. The highest BCUT2D eigenvalue weighted by Gasteiger charge is 2.25. The lowest BCUT2D eigenvalue weighted by Crippen LogP contribution is -2.32. The summed E-state index contributed by atoms with van der Waals surface area (Å²) in [5.41, 5.74) is 3.41. The number of halogens is 3. The molecule has 0 aliphatic carbocycles. The van der Waals surface area contributed by atoms with E-state index in [1.807, 2.05) is 0 Å². The molecule has 0 atom stereocenters. The molecular formula is C20H17F3N4O. The fraction of sp³-hybridized carbons (Fsp3) is 0.250. The fourth-order valence-electron chi connectivity index (χ4n) is 3.50. The fourth-order valence-corrected chi connectivity index (χ4v) is 3.50. The first-order chi connectivity index (χ1) is 13.4. The number of aromatic nitrogens is 3. The van der Waals surface area contributed by atoms with Crippen molar-refractivity contribution in [3.8, 4) is 5.69 Å². The predicted octanol–water partition coefficient (Wildman–Crippen LogP) is 3.53. The Balaban J connectivity index is 1.69. The van der Waals surface area contributed by atoms with E-state index in [4.69, 9.17) is 0 Å². The molecule has 0 spiro atoms. The molecule has 0 saturated carbocycles. The lowest BCUT2D eigenvalue weighted by Gasteiger charge is -2.15. The summed E-state index contributed by atoms with van der Waals surface area (Å²) in [7, 11) is 0. The van der Waals surface area contributed by atoms with Crippen LogP contribution in [0.4, 0.5) is 13.2 Å². The van der Waals surface area contributed by atoms with Crippen LogP contribution in [0.15, 0.2) is 36.5 Å². The van der Waals surface area contributed by atoms with Crippen LogP contribution in [0.5, 0.6) is 0 Å². The lowest BCUT2D eigenvalue weighted by atomic mass is 10.0. The minimum Gasteiger partial charge on any atom is -0.352 e. The monoisotopic (exact) mass is 386 g/mol. The second-order valence-corrected chi connectivity index (χ2v) is 6.70. The normalized spacial score (nSPS) is 13.5. The van der Waals surface area contributed by atoms with E-state index in [1.165, 1.54) is 12.1 Å². The molecule has 1 amide bonds.